The van der Waals surface area contributed by atoms with Crippen molar-refractivity contribution in [3.63, 3.8) is 0 Å². The van der Waals surface area contributed by atoms with Gasteiger partial charge in [0.25, 0.3) is 5.91 Å². The molecule has 0 aliphatic heterocycles. The highest BCUT2D eigenvalue weighted by molar-refractivity contribution is 7.17. The Balaban J connectivity index is 1.59. The van der Waals surface area contributed by atoms with Crippen molar-refractivity contribution >= 4 is 39.1 Å². The Morgan fingerprint density at radius 3 is 2.66 bits per heavy atom. The van der Waals surface area contributed by atoms with Crippen LogP contribution in [0.15, 0.2) is 48.5 Å². The minimum Gasteiger partial charge on any atom is -0.462 e. The number of amides is 1. The normalized spacial score (nSPS) is 12.9. The summed E-state index contributed by atoms with van der Waals surface area (Å²) in [4.78, 5) is 32.6. The maximum absolute atomic E-state index is 13.7. The van der Waals surface area contributed by atoms with Crippen LogP contribution >= 0.6 is 11.3 Å². The lowest BCUT2D eigenvalue weighted by Gasteiger charge is -2.13. The second kappa shape index (κ2) is 9.62. The van der Waals surface area contributed by atoms with Crippen LogP contribution in [0, 0.1) is 13.8 Å². The Morgan fingerprint density at radius 2 is 1.86 bits per heavy atom. The van der Waals surface area contributed by atoms with E-state index in [1.165, 1.54) is 21.8 Å². The summed E-state index contributed by atoms with van der Waals surface area (Å²) in [5.74, 6) is -0.614. The molecule has 6 heteroatoms. The standard InChI is InChI=1S/C29H28N2O3S/c1-4-34-29(33)26-21-10-6-8-12-25(21)35-28(26)31-27(32)22-16-24(19-14-13-17(2)15-18(19)3)30-23-11-7-5-9-20(22)23/h5,7,9,11,13-16H,4,6,8,10,12H2,1-3H3,(H,31,32). The van der Waals surface area contributed by atoms with Crippen molar-refractivity contribution < 1.29 is 14.3 Å². The van der Waals surface area contributed by atoms with Crippen LogP contribution in [0.25, 0.3) is 22.2 Å². The van der Waals surface area contributed by atoms with Crippen LogP contribution in [0.5, 0.6) is 0 Å². The number of thiophene rings is 1. The predicted molar refractivity (Wildman–Crippen MR) is 142 cm³/mol. The van der Waals surface area contributed by atoms with E-state index in [4.69, 9.17) is 9.72 Å². The van der Waals surface area contributed by atoms with Gasteiger partial charge in [0, 0.05) is 15.8 Å². The fourth-order valence-corrected chi connectivity index (χ4v) is 6.12. The van der Waals surface area contributed by atoms with Crippen LogP contribution in [0.1, 0.15) is 62.0 Å². The van der Waals surface area contributed by atoms with Gasteiger partial charge in [0.2, 0.25) is 0 Å². The molecule has 2 aromatic heterocycles. The number of pyridine rings is 1. The van der Waals surface area contributed by atoms with Gasteiger partial charge in [-0.3, -0.25) is 4.79 Å². The molecule has 0 saturated heterocycles. The molecule has 0 saturated carbocycles. The number of hydrogen-bond acceptors (Lipinski definition) is 5. The van der Waals surface area contributed by atoms with E-state index in [0.717, 1.165) is 59.0 Å². The largest absolute Gasteiger partial charge is 0.462 e. The number of carbonyl (C=O) groups is 2. The Kier molecular flexibility index (Phi) is 6.39. The average molecular weight is 485 g/mol. The molecule has 2 aromatic carbocycles. The van der Waals surface area contributed by atoms with E-state index in [2.05, 4.69) is 37.4 Å². The van der Waals surface area contributed by atoms with Crippen molar-refractivity contribution in [3.05, 3.63) is 81.2 Å². The first-order valence-electron chi connectivity index (χ1n) is 12.1. The molecule has 0 fully saturated rings. The van der Waals surface area contributed by atoms with Crippen LogP contribution in [0.3, 0.4) is 0 Å². The zero-order chi connectivity index (χ0) is 24.5. The van der Waals surface area contributed by atoms with Crippen molar-refractivity contribution in [1.82, 2.24) is 4.98 Å². The van der Waals surface area contributed by atoms with Crippen molar-refractivity contribution in [2.75, 3.05) is 11.9 Å². The van der Waals surface area contributed by atoms with E-state index < -0.39 is 0 Å². The summed E-state index contributed by atoms with van der Waals surface area (Å²) in [6, 6.07) is 15.7. The number of aryl methyl sites for hydroxylation is 3. The number of para-hydroxylation sites is 1. The zero-order valence-electron chi connectivity index (χ0n) is 20.2. The van der Waals surface area contributed by atoms with Gasteiger partial charge in [-0.1, -0.05) is 42.0 Å². The van der Waals surface area contributed by atoms with Crippen LogP contribution in [-0.2, 0) is 17.6 Å². The van der Waals surface area contributed by atoms with E-state index >= 15 is 0 Å². The molecule has 0 radical (unpaired) electrons. The van der Waals surface area contributed by atoms with Crippen LogP contribution in [0.4, 0.5) is 5.00 Å². The van der Waals surface area contributed by atoms with Gasteiger partial charge in [-0.05, 0) is 69.7 Å². The number of benzene rings is 2. The van der Waals surface area contributed by atoms with Crippen molar-refractivity contribution in [2.24, 2.45) is 0 Å². The molecular weight excluding hydrogens is 456 g/mol. The summed E-state index contributed by atoms with van der Waals surface area (Å²) in [6.07, 6.45) is 3.90. The van der Waals surface area contributed by atoms with Gasteiger partial charge in [-0.25, -0.2) is 9.78 Å². The number of hydrogen-bond donors (Lipinski definition) is 1. The molecule has 178 valence electrons. The van der Waals surface area contributed by atoms with Gasteiger partial charge in [-0.2, -0.15) is 0 Å². The topological polar surface area (TPSA) is 68.3 Å². The molecule has 0 spiro atoms. The van der Waals surface area contributed by atoms with E-state index in [-0.39, 0.29) is 11.9 Å². The van der Waals surface area contributed by atoms with Crippen molar-refractivity contribution in [2.45, 2.75) is 46.5 Å². The SMILES string of the molecule is CCOC(=O)c1c(NC(=O)c2cc(-c3ccc(C)cc3C)nc3ccccc23)sc2c1CCCC2. The van der Waals surface area contributed by atoms with E-state index in [1.54, 1.807) is 6.92 Å². The molecule has 2 heterocycles. The van der Waals surface area contributed by atoms with Crippen molar-refractivity contribution in [1.29, 1.82) is 0 Å². The maximum Gasteiger partial charge on any atom is 0.341 e. The van der Waals surface area contributed by atoms with Crippen LogP contribution < -0.4 is 5.32 Å². The van der Waals surface area contributed by atoms with Gasteiger partial charge >= 0.3 is 5.97 Å². The Morgan fingerprint density at radius 1 is 1.06 bits per heavy atom. The van der Waals surface area contributed by atoms with E-state index in [9.17, 15) is 9.59 Å². The molecule has 5 nitrogen and oxygen atoms in total. The summed E-state index contributed by atoms with van der Waals surface area (Å²) in [5.41, 5.74) is 6.88. The minimum atomic E-state index is -0.363. The Hall–Kier alpha value is -3.51. The molecular formula is C29H28N2O3S. The zero-order valence-corrected chi connectivity index (χ0v) is 21.1. The quantitative estimate of drug-likeness (QED) is 0.313. The third-order valence-electron chi connectivity index (χ3n) is 6.50. The highest BCUT2D eigenvalue weighted by atomic mass is 32.1. The number of carbonyl (C=O) groups excluding carboxylic acids is 2. The van der Waals surface area contributed by atoms with Gasteiger partial charge in [0.1, 0.15) is 5.00 Å². The second-order valence-corrected chi connectivity index (χ2v) is 10.1. The second-order valence-electron chi connectivity index (χ2n) is 8.98. The molecule has 0 unspecified atom stereocenters. The summed E-state index contributed by atoms with van der Waals surface area (Å²) >= 11 is 1.50. The lowest BCUT2D eigenvalue weighted by molar-refractivity contribution is 0.0526. The first-order chi connectivity index (χ1) is 17.0. The number of nitrogens with zero attached hydrogens (tertiary/aromatic N) is 1. The average Bonchev–Trinajstić information content (AvgIpc) is 3.21. The molecule has 1 aliphatic carbocycles. The van der Waals surface area contributed by atoms with Crippen LogP contribution in [0.2, 0.25) is 0 Å². The number of aromatic nitrogens is 1. The van der Waals surface area contributed by atoms with E-state index in [1.807, 2.05) is 30.3 Å². The molecule has 0 bridgehead atoms. The van der Waals surface area contributed by atoms with Crippen LogP contribution in [-0.4, -0.2) is 23.5 Å². The Bertz CT molecular complexity index is 1450. The first kappa shape index (κ1) is 23.2. The third kappa shape index (κ3) is 4.46. The summed E-state index contributed by atoms with van der Waals surface area (Å²) in [7, 11) is 0. The monoisotopic (exact) mass is 484 g/mol. The fourth-order valence-electron chi connectivity index (χ4n) is 4.85. The summed E-state index contributed by atoms with van der Waals surface area (Å²) in [6.45, 7) is 6.21. The minimum absolute atomic E-state index is 0.251. The van der Waals surface area contributed by atoms with Gasteiger partial charge in [-0.15, -0.1) is 11.3 Å². The number of anilines is 1. The predicted octanol–water partition coefficient (Wildman–Crippen LogP) is 6.89. The maximum atomic E-state index is 13.7. The summed E-state index contributed by atoms with van der Waals surface area (Å²) < 4.78 is 5.36. The highest BCUT2D eigenvalue weighted by Crippen LogP contribution is 2.39. The molecule has 1 amide bonds. The van der Waals surface area contributed by atoms with Gasteiger partial charge < -0.3 is 10.1 Å². The molecule has 4 aromatic rings. The third-order valence-corrected chi connectivity index (χ3v) is 7.70. The number of ether oxygens (including phenoxy) is 1. The number of rotatable bonds is 5. The lowest BCUT2D eigenvalue weighted by atomic mass is 9.95. The first-order valence-corrected chi connectivity index (χ1v) is 12.9. The molecule has 35 heavy (non-hydrogen) atoms. The summed E-state index contributed by atoms with van der Waals surface area (Å²) in [5, 5.41) is 4.42. The fraction of sp³-hybridized carbons (Fsp3) is 0.276. The number of fused-ring (bicyclic) bond motifs is 2. The smallest absolute Gasteiger partial charge is 0.341 e. The molecule has 1 aliphatic rings. The Labute approximate surface area is 209 Å². The molecule has 0 atom stereocenters. The van der Waals surface area contributed by atoms with E-state index in [0.29, 0.717) is 22.7 Å². The highest BCUT2D eigenvalue weighted by Gasteiger charge is 2.28. The molecule has 5 rings (SSSR count). The van der Waals surface area contributed by atoms with Gasteiger partial charge in [0.15, 0.2) is 0 Å². The number of esters is 1. The van der Waals surface area contributed by atoms with Crippen molar-refractivity contribution in [3.8, 4) is 11.3 Å². The van der Waals surface area contributed by atoms with Gasteiger partial charge in [0.05, 0.1) is 28.9 Å². The number of nitrogens with one attached hydrogen (secondary N) is 1. The lowest BCUT2D eigenvalue weighted by Crippen LogP contribution is -2.16. The molecule has 1 N–H and O–H groups in total.